The maximum absolute atomic E-state index is 12.6. The van der Waals surface area contributed by atoms with E-state index in [1.54, 1.807) is 11.3 Å². The van der Waals surface area contributed by atoms with E-state index in [-0.39, 0.29) is 12.1 Å². The molecule has 0 aromatic carbocycles. The molecule has 22 heavy (non-hydrogen) atoms. The molecule has 0 bridgehead atoms. The second-order valence-corrected chi connectivity index (χ2v) is 7.70. The largest absolute Gasteiger partial charge is 0.444 e. The molecule has 2 aromatic rings. The number of aromatic nitrogens is 2. The van der Waals surface area contributed by atoms with E-state index in [1.165, 1.54) is 0 Å². The summed E-state index contributed by atoms with van der Waals surface area (Å²) in [6, 6.07) is 0.0194. The number of likely N-dealkylation sites (tertiary alicyclic amines) is 1. The van der Waals surface area contributed by atoms with Crippen LogP contribution in [0.3, 0.4) is 0 Å². The molecule has 0 saturated carbocycles. The van der Waals surface area contributed by atoms with Crippen molar-refractivity contribution in [3.8, 4) is 0 Å². The van der Waals surface area contributed by atoms with Gasteiger partial charge >= 0.3 is 6.09 Å². The molecule has 3 rings (SSSR count). The van der Waals surface area contributed by atoms with E-state index in [2.05, 4.69) is 9.78 Å². The normalized spacial score (nSPS) is 19.6. The highest BCUT2D eigenvalue weighted by atomic mass is 32.1. The Balaban J connectivity index is 1.93. The summed E-state index contributed by atoms with van der Waals surface area (Å²) in [6.07, 6.45) is 4.90. The average molecular weight is 321 g/mol. The summed E-state index contributed by atoms with van der Waals surface area (Å²) in [5.74, 6) is 0.973. The van der Waals surface area contributed by atoms with E-state index in [1.807, 2.05) is 38.8 Å². The number of nitrogens with zero attached hydrogens (tertiary/aromatic N) is 3. The Morgan fingerprint density at radius 1 is 1.41 bits per heavy atom. The number of rotatable bonds is 1. The van der Waals surface area contributed by atoms with E-state index < -0.39 is 5.60 Å². The van der Waals surface area contributed by atoms with Crippen LogP contribution in [0.25, 0.3) is 4.83 Å². The van der Waals surface area contributed by atoms with Gasteiger partial charge in [0.1, 0.15) is 16.3 Å². The number of ether oxygens (including phenoxy) is 1. The Kier molecular flexibility index (Phi) is 3.89. The Hall–Kier alpha value is -1.56. The minimum Gasteiger partial charge on any atom is -0.444 e. The first-order valence-electron chi connectivity index (χ1n) is 7.78. The number of aryl methyl sites for hydroxylation is 1. The van der Waals surface area contributed by atoms with Gasteiger partial charge in [-0.1, -0.05) is 0 Å². The van der Waals surface area contributed by atoms with E-state index >= 15 is 0 Å². The highest BCUT2D eigenvalue weighted by Crippen LogP contribution is 2.35. The van der Waals surface area contributed by atoms with Gasteiger partial charge in [-0.15, -0.1) is 11.3 Å². The van der Waals surface area contributed by atoms with Crippen LogP contribution in [0, 0.1) is 6.92 Å². The van der Waals surface area contributed by atoms with Crippen LogP contribution < -0.4 is 0 Å². The number of carbonyl (C=O) groups excluding carboxylic acids is 1. The average Bonchev–Trinajstić information content (AvgIpc) is 3.01. The molecule has 3 heterocycles. The van der Waals surface area contributed by atoms with Gasteiger partial charge < -0.3 is 4.74 Å². The van der Waals surface area contributed by atoms with Crippen molar-refractivity contribution in [3.05, 3.63) is 23.1 Å². The van der Waals surface area contributed by atoms with Crippen LogP contribution in [-0.4, -0.2) is 32.5 Å². The number of piperidine rings is 1. The number of hydrogen-bond acceptors (Lipinski definition) is 4. The molecule has 1 atom stereocenters. The summed E-state index contributed by atoms with van der Waals surface area (Å²) in [6.45, 7) is 8.46. The van der Waals surface area contributed by atoms with Gasteiger partial charge in [-0.25, -0.2) is 9.78 Å². The maximum atomic E-state index is 12.6. The topological polar surface area (TPSA) is 46.8 Å². The number of hydrogen-bond donors (Lipinski definition) is 0. The lowest BCUT2D eigenvalue weighted by Gasteiger charge is -2.36. The summed E-state index contributed by atoms with van der Waals surface area (Å²) >= 11 is 1.68. The first-order chi connectivity index (χ1) is 10.4. The molecule has 0 aliphatic carbocycles. The molecule has 1 saturated heterocycles. The molecule has 1 unspecified atom stereocenters. The molecule has 0 spiro atoms. The molecule has 5 nitrogen and oxygen atoms in total. The Morgan fingerprint density at radius 2 is 2.18 bits per heavy atom. The Labute approximate surface area is 134 Å². The van der Waals surface area contributed by atoms with E-state index in [4.69, 9.17) is 9.72 Å². The number of imidazole rings is 1. The van der Waals surface area contributed by atoms with Crippen molar-refractivity contribution < 1.29 is 9.53 Å². The SMILES string of the molecule is Cc1nc(C2CCCCN2C(=O)OC(C)(C)C)c2sccn12. The third-order valence-electron chi connectivity index (χ3n) is 3.90. The Bertz CT molecular complexity index is 683. The standard InChI is InChI=1S/C16H23N3O2S/c1-11-17-13(14-18(11)9-10-22-14)12-7-5-6-8-19(12)15(20)21-16(2,3)4/h9-10,12H,5-8H2,1-4H3. The summed E-state index contributed by atoms with van der Waals surface area (Å²) in [7, 11) is 0. The predicted octanol–water partition coefficient (Wildman–Crippen LogP) is 4.17. The van der Waals surface area contributed by atoms with Gasteiger partial charge in [0.25, 0.3) is 0 Å². The zero-order chi connectivity index (χ0) is 15.9. The second-order valence-electron chi connectivity index (χ2n) is 6.81. The van der Waals surface area contributed by atoms with Crippen LogP contribution in [0.1, 0.15) is 57.6 Å². The Morgan fingerprint density at radius 3 is 2.91 bits per heavy atom. The molecule has 1 fully saturated rings. The van der Waals surface area contributed by atoms with E-state index in [0.29, 0.717) is 0 Å². The molecule has 1 aliphatic heterocycles. The number of thiazole rings is 1. The number of amides is 1. The minimum atomic E-state index is -0.471. The van der Waals surface area contributed by atoms with Crippen molar-refractivity contribution in [1.82, 2.24) is 14.3 Å². The highest BCUT2D eigenvalue weighted by Gasteiger charge is 2.34. The third kappa shape index (κ3) is 2.84. The summed E-state index contributed by atoms with van der Waals surface area (Å²) < 4.78 is 7.68. The second kappa shape index (κ2) is 5.57. The molecule has 0 N–H and O–H groups in total. The fourth-order valence-corrected chi connectivity index (χ4v) is 3.89. The highest BCUT2D eigenvalue weighted by molar-refractivity contribution is 7.15. The van der Waals surface area contributed by atoms with Crippen LogP contribution in [0.5, 0.6) is 0 Å². The molecule has 2 aromatic heterocycles. The fraction of sp³-hybridized carbons (Fsp3) is 0.625. The van der Waals surface area contributed by atoms with Crippen molar-refractivity contribution in [2.75, 3.05) is 6.54 Å². The van der Waals surface area contributed by atoms with Gasteiger partial charge in [0.15, 0.2) is 0 Å². The molecular formula is C16H23N3O2S. The molecule has 1 amide bonds. The first-order valence-corrected chi connectivity index (χ1v) is 8.66. The van der Waals surface area contributed by atoms with Crippen LogP contribution in [0.4, 0.5) is 4.79 Å². The lowest BCUT2D eigenvalue weighted by Crippen LogP contribution is -2.42. The molecule has 120 valence electrons. The summed E-state index contributed by atoms with van der Waals surface area (Å²) in [5.41, 5.74) is 0.541. The number of carbonyl (C=O) groups is 1. The molecule has 6 heteroatoms. The van der Waals surface area contributed by atoms with Crippen LogP contribution in [0.15, 0.2) is 11.6 Å². The van der Waals surface area contributed by atoms with Gasteiger partial charge in [0.2, 0.25) is 0 Å². The zero-order valence-electron chi connectivity index (χ0n) is 13.6. The fourth-order valence-electron chi connectivity index (χ4n) is 2.97. The quantitative estimate of drug-likeness (QED) is 0.792. The lowest BCUT2D eigenvalue weighted by atomic mass is 10.0. The minimum absolute atomic E-state index is 0.0194. The van der Waals surface area contributed by atoms with Crippen molar-refractivity contribution in [2.45, 2.75) is 58.6 Å². The van der Waals surface area contributed by atoms with Gasteiger partial charge in [-0.2, -0.15) is 0 Å². The van der Waals surface area contributed by atoms with Gasteiger partial charge in [-0.05, 0) is 47.0 Å². The smallest absolute Gasteiger partial charge is 0.410 e. The zero-order valence-corrected chi connectivity index (χ0v) is 14.4. The predicted molar refractivity (Wildman–Crippen MR) is 87.3 cm³/mol. The van der Waals surface area contributed by atoms with Crippen molar-refractivity contribution in [2.24, 2.45) is 0 Å². The van der Waals surface area contributed by atoms with Gasteiger partial charge in [0.05, 0.1) is 11.7 Å². The van der Waals surface area contributed by atoms with Crippen molar-refractivity contribution in [3.63, 3.8) is 0 Å². The molecular weight excluding hydrogens is 298 g/mol. The summed E-state index contributed by atoms with van der Waals surface area (Å²) in [4.78, 5) is 20.3. The van der Waals surface area contributed by atoms with Gasteiger partial charge in [0, 0.05) is 18.1 Å². The monoisotopic (exact) mass is 321 g/mol. The molecule has 0 radical (unpaired) electrons. The number of fused-ring (bicyclic) bond motifs is 1. The lowest BCUT2D eigenvalue weighted by molar-refractivity contribution is 0.00924. The van der Waals surface area contributed by atoms with Crippen molar-refractivity contribution >= 4 is 22.3 Å². The third-order valence-corrected chi connectivity index (χ3v) is 4.79. The first kappa shape index (κ1) is 15.3. The summed E-state index contributed by atoms with van der Waals surface area (Å²) in [5, 5.41) is 2.06. The van der Waals surface area contributed by atoms with Crippen LogP contribution >= 0.6 is 11.3 Å². The van der Waals surface area contributed by atoms with Crippen LogP contribution in [-0.2, 0) is 4.74 Å². The molecule has 1 aliphatic rings. The van der Waals surface area contributed by atoms with E-state index in [0.717, 1.165) is 42.2 Å². The maximum Gasteiger partial charge on any atom is 0.410 e. The van der Waals surface area contributed by atoms with Gasteiger partial charge in [-0.3, -0.25) is 9.30 Å². The van der Waals surface area contributed by atoms with Crippen molar-refractivity contribution in [1.29, 1.82) is 0 Å². The van der Waals surface area contributed by atoms with Crippen LogP contribution in [0.2, 0.25) is 0 Å². The van der Waals surface area contributed by atoms with E-state index in [9.17, 15) is 4.79 Å².